The number of rotatable bonds is 6. The molecular weight excluding hydrogens is 442 g/mol. The van der Waals surface area contributed by atoms with Crippen molar-refractivity contribution >= 4 is 16.8 Å². The van der Waals surface area contributed by atoms with Gasteiger partial charge < -0.3 is 19.5 Å². The Morgan fingerprint density at radius 2 is 2.14 bits per heavy atom. The van der Waals surface area contributed by atoms with E-state index in [2.05, 4.69) is 41.4 Å². The summed E-state index contributed by atoms with van der Waals surface area (Å²) in [4.78, 5) is 15.3. The van der Waals surface area contributed by atoms with Crippen LogP contribution in [0.4, 0.5) is 0 Å². The number of aromatic nitrogens is 2. The van der Waals surface area contributed by atoms with Gasteiger partial charge in [-0.25, -0.2) is 0 Å². The van der Waals surface area contributed by atoms with Gasteiger partial charge >= 0.3 is 0 Å². The van der Waals surface area contributed by atoms with Gasteiger partial charge in [0.1, 0.15) is 30.6 Å². The summed E-state index contributed by atoms with van der Waals surface area (Å²) in [5.74, 6) is 0.0755. The Morgan fingerprint density at radius 3 is 2.89 bits per heavy atom. The highest BCUT2D eigenvalue weighted by Gasteiger charge is 2.31. The molecule has 178 valence electrons. The highest BCUT2D eigenvalue weighted by atomic mass is 16.5. The molecular formula is C28H27N3O4. The summed E-state index contributed by atoms with van der Waals surface area (Å²) in [5.41, 5.74) is 5.03. The molecule has 1 amide bonds. The zero-order chi connectivity index (χ0) is 24.4. The Bertz CT molecular complexity index is 1400. The lowest BCUT2D eigenvalue weighted by atomic mass is 9.94. The molecule has 2 N–H and O–H groups in total. The van der Waals surface area contributed by atoms with E-state index in [1.165, 1.54) is 24.3 Å². The van der Waals surface area contributed by atoms with Crippen molar-refractivity contribution in [3.63, 3.8) is 0 Å². The van der Waals surface area contributed by atoms with E-state index < -0.39 is 6.04 Å². The molecule has 0 bridgehead atoms. The average Bonchev–Trinajstić information content (AvgIpc) is 3.25. The number of H-pyrrole nitrogens is 1. The number of nitrogens with zero attached hydrogens (tertiary/aromatic N) is 2. The summed E-state index contributed by atoms with van der Waals surface area (Å²) >= 11 is 0. The highest BCUT2D eigenvalue weighted by Crippen LogP contribution is 2.32. The third-order valence-electron chi connectivity index (χ3n) is 6.34. The molecule has 0 fully saturated rings. The Hall–Kier alpha value is -4.26. The normalized spacial score (nSPS) is 15.7. The first-order chi connectivity index (χ1) is 17.0. The summed E-state index contributed by atoms with van der Waals surface area (Å²) in [5, 5.41) is 19.0. The second-order valence-electron chi connectivity index (χ2n) is 8.82. The van der Waals surface area contributed by atoms with Gasteiger partial charge in [0, 0.05) is 24.9 Å². The van der Waals surface area contributed by atoms with Gasteiger partial charge in [0.15, 0.2) is 5.76 Å². The zero-order valence-corrected chi connectivity index (χ0v) is 19.7. The molecule has 1 aliphatic carbocycles. The average molecular weight is 470 g/mol. The molecule has 1 aliphatic heterocycles. The zero-order valence-electron chi connectivity index (χ0n) is 19.7. The van der Waals surface area contributed by atoms with Gasteiger partial charge in [-0.3, -0.25) is 9.89 Å². The molecule has 2 heterocycles. The number of hydrogen-bond donors (Lipinski definition) is 2. The van der Waals surface area contributed by atoms with Crippen LogP contribution < -0.4 is 0 Å². The lowest BCUT2D eigenvalue weighted by molar-refractivity contribution is 0.0727. The first kappa shape index (κ1) is 22.5. The monoisotopic (exact) mass is 469 g/mol. The fourth-order valence-electron chi connectivity index (χ4n) is 4.61. The van der Waals surface area contributed by atoms with Crippen molar-refractivity contribution in [2.75, 3.05) is 7.05 Å². The van der Waals surface area contributed by atoms with Crippen LogP contribution >= 0.6 is 0 Å². The Morgan fingerprint density at radius 1 is 1.26 bits per heavy atom. The molecule has 1 unspecified atom stereocenters. The number of nitrogens with one attached hydrogen (secondary N) is 1. The van der Waals surface area contributed by atoms with Gasteiger partial charge in [-0.2, -0.15) is 5.10 Å². The number of hydrogen-bond acceptors (Lipinski definition) is 5. The maximum absolute atomic E-state index is 13.7. The van der Waals surface area contributed by atoms with Gasteiger partial charge in [-0.05, 0) is 37.0 Å². The minimum absolute atomic E-state index is 0.105. The number of allylic oxidation sites excluding steroid dienone is 3. The third kappa shape index (κ3) is 4.57. The molecule has 0 spiro atoms. The molecule has 2 aliphatic rings. The third-order valence-corrected chi connectivity index (χ3v) is 6.34. The van der Waals surface area contributed by atoms with E-state index >= 15 is 0 Å². The molecule has 3 aromatic rings. The number of phenolic OH excluding ortho intramolecular Hbond substituents is 1. The van der Waals surface area contributed by atoms with Crippen LogP contribution in [0.15, 0.2) is 84.7 Å². The summed E-state index contributed by atoms with van der Waals surface area (Å²) in [6.45, 7) is 2.05. The van der Waals surface area contributed by atoms with Crippen LogP contribution in [0.2, 0.25) is 0 Å². The Kier molecular flexibility index (Phi) is 6.14. The molecule has 35 heavy (non-hydrogen) atoms. The van der Waals surface area contributed by atoms with E-state index in [9.17, 15) is 9.90 Å². The van der Waals surface area contributed by atoms with Crippen molar-refractivity contribution < 1.29 is 19.4 Å². The number of aromatic amines is 1. The van der Waals surface area contributed by atoms with Crippen LogP contribution in [0.1, 0.15) is 40.0 Å². The van der Waals surface area contributed by atoms with Crippen LogP contribution in [-0.2, 0) is 15.9 Å². The van der Waals surface area contributed by atoms with Crippen LogP contribution in [0.25, 0.3) is 10.9 Å². The second-order valence-corrected chi connectivity index (χ2v) is 8.82. The number of phenols is 1. The quantitative estimate of drug-likeness (QED) is 0.515. The van der Waals surface area contributed by atoms with Crippen molar-refractivity contribution in [2.24, 2.45) is 0 Å². The summed E-state index contributed by atoms with van der Waals surface area (Å²) < 4.78 is 11.0. The van der Waals surface area contributed by atoms with Crippen LogP contribution in [0, 0.1) is 6.92 Å². The number of aryl methyl sites for hydroxylation is 1. The first-order valence-corrected chi connectivity index (χ1v) is 11.6. The maximum atomic E-state index is 13.7. The molecule has 0 radical (unpaired) electrons. The lowest BCUT2D eigenvalue weighted by Gasteiger charge is -2.32. The van der Waals surface area contributed by atoms with Crippen molar-refractivity contribution in [1.82, 2.24) is 15.1 Å². The molecule has 1 aromatic heterocycles. The van der Waals surface area contributed by atoms with E-state index in [0.717, 1.165) is 35.1 Å². The topological polar surface area (TPSA) is 87.7 Å². The number of benzene rings is 2. The van der Waals surface area contributed by atoms with E-state index in [-0.39, 0.29) is 17.2 Å². The van der Waals surface area contributed by atoms with E-state index in [4.69, 9.17) is 9.47 Å². The Labute approximate surface area is 203 Å². The fourth-order valence-corrected chi connectivity index (χ4v) is 4.61. The van der Waals surface area contributed by atoms with Crippen molar-refractivity contribution in [1.29, 1.82) is 0 Å². The lowest BCUT2D eigenvalue weighted by Crippen LogP contribution is -2.40. The SMILES string of the molecule is Cc1cccc(Cc2n[nH]c3cc(O)c(C(=O)N(C)C(C4=CC=CCC4)C4=COC=CO4)cc23)c1. The molecule has 0 saturated carbocycles. The van der Waals surface area contributed by atoms with Gasteiger partial charge in [0.05, 0.1) is 16.8 Å². The maximum Gasteiger partial charge on any atom is 0.258 e. The number of aromatic hydroxyl groups is 1. The number of carbonyl (C=O) groups is 1. The van der Waals surface area contributed by atoms with Crippen molar-refractivity contribution in [3.8, 4) is 5.75 Å². The van der Waals surface area contributed by atoms with Crippen LogP contribution in [0.3, 0.4) is 0 Å². The smallest absolute Gasteiger partial charge is 0.258 e. The molecule has 7 nitrogen and oxygen atoms in total. The highest BCUT2D eigenvalue weighted by molar-refractivity contribution is 6.01. The minimum atomic E-state index is -0.469. The molecule has 0 saturated heterocycles. The molecule has 5 rings (SSSR count). The van der Waals surface area contributed by atoms with Crippen molar-refractivity contribution in [2.45, 2.75) is 32.2 Å². The Balaban J connectivity index is 1.50. The number of fused-ring (bicyclic) bond motifs is 1. The minimum Gasteiger partial charge on any atom is -0.507 e. The summed E-state index contributed by atoms with van der Waals surface area (Å²) in [6, 6.07) is 11.1. The molecule has 2 aromatic carbocycles. The van der Waals surface area contributed by atoms with Gasteiger partial charge in [0.25, 0.3) is 5.91 Å². The number of ether oxygens (including phenoxy) is 2. The van der Waals surface area contributed by atoms with Gasteiger partial charge in [0.2, 0.25) is 0 Å². The van der Waals surface area contributed by atoms with E-state index in [1.54, 1.807) is 24.1 Å². The fraction of sp³-hybridized carbons (Fsp3) is 0.214. The summed E-state index contributed by atoms with van der Waals surface area (Å²) in [7, 11) is 1.71. The first-order valence-electron chi connectivity index (χ1n) is 11.6. The largest absolute Gasteiger partial charge is 0.507 e. The number of amides is 1. The van der Waals surface area contributed by atoms with Crippen LogP contribution in [0.5, 0.6) is 5.75 Å². The molecule has 1 atom stereocenters. The van der Waals surface area contributed by atoms with Gasteiger partial charge in [-0.1, -0.05) is 48.1 Å². The molecule has 7 heteroatoms. The van der Waals surface area contributed by atoms with Gasteiger partial charge in [-0.15, -0.1) is 0 Å². The second kappa shape index (κ2) is 9.54. The standard InChI is InChI=1S/C28H27N3O4/c1-18-7-6-8-19(13-18)14-23-21-15-22(25(32)16-24(21)30-29-23)28(33)31(2)27(20-9-4-3-5-10-20)26-17-34-11-12-35-26/h3-4,6-9,11-13,15-17,27,32H,5,10,14H2,1-2H3,(H,29,30). The number of likely N-dealkylation sites (N-methyl/N-ethyl adjacent to an activating group) is 1. The summed E-state index contributed by atoms with van der Waals surface area (Å²) in [6.07, 6.45) is 12.7. The predicted octanol–water partition coefficient (Wildman–Crippen LogP) is 5.24. The van der Waals surface area contributed by atoms with Crippen molar-refractivity contribution in [3.05, 3.63) is 107 Å². The predicted molar refractivity (Wildman–Crippen MR) is 133 cm³/mol. The van der Waals surface area contributed by atoms with E-state index in [1.807, 2.05) is 18.2 Å². The number of carbonyl (C=O) groups excluding carboxylic acids is 1. The van der Waals surface area contributed by atoms with E-state index in [0.29, 0.717) is 17.7 Å². The van der Waals surface area contributed by atoms with Crippen LogP contribution in [-0.4, -0.2) is 39.2 Å².